The van der Waals surface area contributed by atoms with Crippen LogP contribution in [0.5, 0.6) is 0 Å². The first-order valence-electron chi connectivity index (χ1n) is 9.76. The third kappa shape index (κ3) is 5.91. The van der Waals surface area contributed by atoms with E-state index in [-0.39, 0.29) is 30.2 Å². The molecule has 2 atom stereocenters. The molecule has 2 aliphatic heterocycles. The Morgan fingerprint density at radius 1 is 1.33 bits per heavy atom. The molecule has 0 aliphatic carbocycles. The number of halogens is 1. The minimum absolute atomic E-state index is 0.00968. The smallest absolute Gasteiger partial charge is 0.225 e. The third-order valence-corrected chi connectivity index (χ3v) is 5.44. The molecule has 27 heavy (non-hydrogen) atoms. The molecule has 1 saturated heterocycles. The first kappa shape index (κ1) is 21.6. The number of aliphatic imine (C=N–C) groups is 2. The van der Waals surface area contributed by atoms with Gasteiger partial charge in [0.25, 0.3) is 0 Å². The molecule has 2 rings (SSSR count). The summed E-state index contributed by atoms with van der Waals surface area (Å²) in [5.74, 6) is 0.943. The number of allylic oxidation sites excluding steroid dienone is 2. The maximum absolute atomic E-state index is 11.9. The van der Waals surface area contributed by atoms with Crippen LogP contribution in [0.4, 0.5) is 0 Å². The van der Waals surface area contributed by atoms with Crippen molar-refractivity contribution in [3.63, 3.8) is 0 Å². The maximum atomic E-state index is 11.9. The van der Waals surface area contributed by atoms with Gasteiger partial charge in [-0.1, -0.05) is 19.4 Å². The van der Waals surface area contributed by atoms with E-state index in [1.807, 2.05) is 6.20 Å². The number of aliphatic hydroxyl groups is 1. The molecule has 1 N–H and O–H groups in total. The highest BCUT2D eigenvalue weighted by atomic mass is 35.5. The Morgan fingerprint density at radius 2 is 2.04 bits per heavy atom. The molecule has 0 radical (unpaired) electrons. The number of alkyl halides is 1. The highest BCUT2D eigenvalue weighted by Gasteiger charge is 2.28. The highest BCUT2D eigenvalue weighted by molar-refractivity contribution is 6.30. The van der Waals surface area contributed by atoms with Gasteiger partial charge in [-0.25, -0.2) is 4.99 Å². The Morgan fingerprint density at radius 3 is 2.63 bits per heavy atom. The van der Waals surface area contributed by atoms with E-state index >= 15 is 0 Å². The molecule has 0 spiro atoms. The molecule has 2 aliphatic rings. The highest BCUT2D eigenvalue weighted by Crippen LogP contribution is 2.25. The molecular weight excluding hydrogens is 364 g/mol. The number of aliphatic hydroxyl groups excluding tert-OH is 1. The zero-order valence-electron chi connectivity index (χ0n) is 16.6. The van der Waals surface area contributed by atoms with E-state index in [9.17, 15) is 4.79 Å². The summed E-state index contributed by atoms with van der Waals surface area (Å²) in [6.45, 7) is 8.95. The van der Waals surface area contributed by atoms with Crippen LogP contribution in [0.2, 0.25) is 0 Å². The monoisotopic (exact) mass is 394 g/mol. The van der Waals surface area contributed by atoms with E-state index in [0.717, 1.165) is 37.5 Å². The molecule has 0 saturated carbocycles. The minimum Gasteiger partial charge on any atom is -0.396 e. The molecule has 150 valence electrons. The van der Waals surface area contributed by atoms with Gasteiger partial charge in [-0.3, -0.25) is 9.79 Å². The Hall–Kier alpha value is -1.66. The van der Waals surface area contributed by atoms with Crippen molar-refractivity contribution in [3.8, 4) is 0 Å². The predicted octanol–water partition coefficient (Wildman–Crippen LogP) is 2.83. The Labute approximate surface area is 167 Å². The molecule has 2 heterocycles. The van der Waals surface area contributed by atoms with Crippen molar-refractivity contribution in [3.05, 3.63) is 23.7 Å². The Balaban J connectivity index is 2.08. The summed E-state index contributed by atoms with van der Waals surface area (Å²) in [5, 5.41) is 8.73. The van der Waals surface area contributed by atoms with Gasteiger partial charge in [0.15, 0.2) is 0 Å². The first-order valence-corrected chi connectivity index (χ1v) is 10.2. The zero-order chi connectivity index (χ0) is 19.8. The van der Waals surface area contributed by atoms with Crippen molar-refractivity contribution in [1.29, 1.82) is 0 Å². The summed E-state index contributed by atoms with van der Waals surface area (Å²) in [5.41, 5.74) is 2.30. The van der Waals surface area contributed by atoms with E-state index < -0.39 is 0 Å². The van der Waals surface area contributed by atoms with Gasteiger partial charge in [0.05, 0.1) is 12.0 Å². The van der Waals surface area contributed by atoms with Gasteiger partial charge in [0.2, 0.25) is 5.91 Å². The molecule has 7 heteroatoms. The fraction of sp³-hybridized carbons (Fsp3) is 0.650. The number of hydrogen-bond acceptors (Lipinski definition) is 5. The van der Waals surface area contributed by atoms with Gasteiger partial charge in [0.1, 0.15) is 5.82 Å². The van der Waals surface area contributed by atoms with Crippen LogP contribution in [-0.2, 0) is 4.79 Å². The van der Waals surface area contributed by atoms with E-state index in [2.05, 4.69) is 36.7 Å². The summed E-state index contributed by atoms with van der Waals surface area (Å²) in [7, 11) is 0. The van der Waals surface area contributed by atoms with E-state index in [4.69, 9.17) is 21.7 Å². The van der Waals surface area contributed by atoms with Gasteiger partial charge < -0.3 is 14.9 Å². The molecule has 0 aromatic heterocycles. The molecule has 0 aromatic carbocycles. The van der Waals surface area contributed by atoms with Crippen LogP contribution in [0.1, 0.15) is 40.0 Å². The second-order valence-corrected chi connectivity index (χ2v) is 7.42. The van der Waals surface area contributed by atoms with Crippen LogP contribution in [0.3, 0.4) is 0 Å². The van der Waals surface area contributed by atoms with Crippen LogP contribution >= 0.6 is 11.6 Å². The number of carbonyl (C=O) groups is 1. The SMILES string of the molecule is CCC(=N/C=C(/C)CC)C1C=C(N2CCN(C(=O)CCO)CC2)N=CC1Cl. The summed E-state index contributed by atoms with van der Waals surface area (Å²) in [6.07, 6.45) is 7.86. The minimum atomic E-state index is -0.199. The van der Waals surface area contributed by atoms with Crippen LogP contribution in [0.25, 0.3) is 0 Å². The first-order chi connectivity index (χ1) is 13.0. The number of carbonyl (C=O) groups excluding carboxylic acids is 1. The molecular formula is C20H31ClN4O2. The largest absolute Gasteiger partial charge is 0.396 e. The van der Waals surface area contributed by atoms with Crippen molar-refractivity contribution >= 4 is 29.4 Å². The second kappa shape index (κ2) is 10.6. The normalized spacial score (nSPS) is 24.3. The van der Waals surface area contributed by atoms with Crippen LogP contribution < -0.4 is 0 Å². The fourth-order valence-electron chi connectivity index (χ4n) is 3.14. The van der Waals surface area contributed by atoms with Gasteiger partial charge in [-0.2, -0.15) is 0 Å². The van der Waals surface area contributed by atoms with Gasteiger partial charge in [0, 0.05) is 56.6 Å². The van der Waals surface area contributed by atoms with E-state index in [1.54, 1.807) is 11.1 Å². The lowest BCUT2D eigenvalue weighted by atomic mass is 9.95. The summed E-state index contributed by atoms with van der Waals surface area (Å²) >= 11 is 6.52. The third-order valence-electron chi connectivity index (χ3n) is 5.06. The van der Waals surface area contributed by atoms with Crippen molar-refractivity contribution < 1.29 is 9.90 Å². The van der Waals surface area contributed by atoms with Gasteiger partial charge in [-0.15, -0.1) is 11.6 Å². The lowest BCUT2D eigenvalue weighted by molar-refractivity contribution is -0.133. The van der Waals surface area contributed by atoms with Crippen molar-refractivity contribution in [2.75, 3.05) is 32.8 Å². The summed E-state index contributed by atoms with van der Waals surface area (Å²) < 4.78 is 0. The molecule has 1 fully saturated rings. The number of piperazine rings is 1. The van der Waals surface area contributed by atoms with Crippen molar-refractivity contribution in [2.24, 2.45) is 15.9 Å². The summed E-state index contributed by atoms with van der Waals surface area (Å²) in [6, 6.07) is 0. The van der Waals surface area contributed by atoms with Gasteiger partial charge in [-0.05, 0) is 25.8 Å². The van der Waals surface area contributed by atoms with E-state index in [0.29, 0.717) is 13.1 Å². The average Bonchev–Trinajstić information content (AvgIpc) is 2.69. The van der Waals surface area contributed by atoms with E-state index in [1.165, 1.54) is 5.57 Å². The lowest BCUT2D eigenvalue weighted by Gasteiger charge is -2.37. The van der Waals surface area contributed by atoms with Gasteiger partial charge >= 0.3 is 0 Å². The maximum Gasteiger partial charge on any atom is 0.225 e. The Bertz CT molecular complexity index is 634. The van der Waals surface area contributed by atoms with Crippen LogP contribution in [0.15, 0.2) is 33.7 Å². The number of hydrogen-bond donors (Lipinski definition) is 1. The number of amides is 1. The van der Waals surface area contributed by atoms with Crippen molar-refractivity contribution in [1.82, 2.24) is 9.80 Å². The lowest BCUT2D eigenvalue weighted by Crippen LogP contribution is -2.48. The number of rotatable bonds is 7. The standard InChI is InChI=1S/C20H31ClN4O2/c1-4-15(3)13-22-18(5-2)16-12-19(23-14-17(16)21)24-7-9-25(10-8-24)20(27)6-11-26/h12-14,16-17,26H,4-11H2,1-3H3/b15-13-,22-18?. The molecule has 1 amide bonds. The molecule has 0 aromatic rings. The second-order valence-electron chi connectivity index (χ2n) is 6.92. The topological polar surface area (TPSA) is 68.5 Å². The number of nitrogens with zero attached hydrogens (tertiary/aromatic N) is 4. The molecule has 6 nitrogen and oxygen atoms in total. The predicted molar refractivity (Wildman–Crippen MR) is 111 cm³/mol. The molecule has 2 unspecified atom stereocenters. The summed E-state index contributed by atoms with van der Waals surface area (Å²) in [4.78, 5) is 25.1. The fourth-order valence-corrected chi connectivity index (χ4v) is 3.41. The molecule has 0 bridgehead atoms. The quantitative estimate of drug-likeness (QED) is 0.533. The Kier molecular flexibility index (Phi) is 8.51. The van der Waals surface area contributed by atoms with Crippen LogP contribution in [-0.4, -0.2) is 70.9 Å². The zero-order valence-corrected chi connectivity index (χ0v) is 17.3. The average molecular weight is 395 g/mol. The van der Waals surface area contributed by atoms with Crippen LogP contribution in [0, 0.1) is 5.92 Å². The van der Waals surface area contributed by atoms with Crippen molar-refractivity contribution in [2.45, 2.75) is 45.4 Å².